The van der Waals surface area contributed by atoms with Gasteiger partial charge in [0.1, 0.15) is 21.4 Å². The molecule has 0 atom stereocenters. The van der Waals surface area contributed by atoms with Gasteiger partial charge in [0.05, 0.1) is 21.0 Å². The lowest BCUT2D eigenvalue weighted by Gasteiger charge is -2.13. The number of nitrogens with one attached hydrogen (secondary N) is 2. The van der Waals surface area contributed by atoms with Crippen LogP contribution >= 0.6 is 35.4 Å². The van der Waals surface area contributed by atoms with E-state index in [9.17, 15) is 8.42 Å². The molecule has 0 spiro atoms. The van der Waals surface area contributed by atoms with Gasteiger partial charge >= 0.3 is 0 Å². The number of H-pyrrole nitrogens is 2. The van der Waals surface area contributed by atoms with Crippen LogP contribution in [0.25, 0.3) is 11.0 Å². The number of fused-ring (bicyclic) bond motifs is 1. The molecular weight excluding hydrogens is 439 g/mol. The van der Waals surface area contributed by atoms with Crippen LogP contribution in [0.3, 0.4) is 0 Å². The number of aromatic nitrogens is 2. The summed E-state index contributed by atoms with van der Waals surface area (Å²) < 4.78 is 32.8. The third-order valence-electron chi connectivity index (χ3n) is 4.06. The zero-order chi connectivity index (χ0) is 19.9. The van der Waals surface area contributed by atoms with Crippen LogP contribution in [0.2, 0.25) is 10.0 Å². The Hall–Kier alpha value is -2.32. The van der Waals surface area contributed by atoms with Crippen molar-refractivity contribution in [3.8, 4) is 11.5 Å². The number of halogens is 2. The second-order valence-electron chi connectivity index (χ2n) is 5.89. The zero-order valence-corrected chi connectivity index (χ0v) is 17.2. The minimum absolute atomic E-state index is 0.0208. The lowest BCUT2D eigenvalue weighted by Crippen LogP contribution is -2.04. The Morgan fingerprint density at radius 1 is 0.857 bits per heavy atom. The number of rotatable bonds is 4. The van der Waals surface area contributed by atoms with Gasteiger partial charge in [-0.05, 0) is 42.5 Å². The van der Waals surface area contributed by atoms with Crippen molar-refractivity contribution in [2.45, 2.75) is 9.79 Å². The van der Waals surface area contributed by atoms with Gasteiger partial charge in [0, 0.05) is 6.07 Å². The number of sulfone groups is 1. The lowest BCUT2D eigenvalue weighted by atomic mass is 10.3. The van der Waals surface area contributed by atoms with E-state index in [1.165, 1.54) is 18.2 Å². The topological polar surface area (TPSA) is 75.0 Å². The second kappa shape index (κ2) is 7.25. The van der Waals surface area contributed by atoms with Crippen molar-refractivity contribution in [2.75, 3.05) is 0 Å². The molecule has 9 heteroatoms. The molecule has 0 aliphatic carbocycles. The highest BCUT2D eigenvalue weighted by molar-refractivity contribution is 7.91. The van der Waals surface area contributed by atoms with Crippen LogP contribution in [0.5, 0.6) is 11.5 Å². The van der Waals surface area contributed by atoms with Gasteiger partial charge in [0.2, 0.25) is 9.84 Å². The number of aromatic amines is 2. The van der Waals surface area contributed by atoms with E-state index >= 15 is 0 Å². The van der Waals surface area contributed by atoms with Crippen molar-refractivity contribution in [3.63, 3.8) is 0 Å². The summed E-state index contributed by atoms with van der Waals surface area (Å²) in [5.74, 6) is 0.345. The Labute approximate surface area is 175 Å². The maximum Gasteiger partial charge on any atom is 0.210 e. The third-order valence-corrected chi connectivity index (χ3v) is 6.86. The predicted octanol–water partition coefficient (Wildman–Crippen LogP) is 6.16. The second-order valence-corrected chi connectivity index (χ2v) is 9.01. The van der Waals surface area contributed by atoms with Gasteiger partial charge in [-0.15, -0.1) is 0 Å². The van der Waals surface area contributed by atoms with Gasteiger partial charge < -0.3 is 14.7 Å². The normalized spacial score (nSPS) is 11.6. The van der Waals surface area contributed by atoms with Crippen LogP contribution in [0.15, 0.2) is 70.5 Å². The molecule has 0 radical (unpaired) electrons. The average molecular weight is 451 g/mol. The van der Waals surface area contributed by atoms with E-state index in [1.54, 1.807) is 42.5 Å². The minimum atomic E-state index is -3.86. The Morgan fingerprint density at radius 3 is 2.25 bits per heavy atom. The van der Waals surface area contributed by atoms with Gasteiger partial charge in [-0.3, -0.25) is 0 Å². The maximum absolute atomic E-state index is 13.3. The van der Waals surface area contributed by atoms with Crippen molar-refractivity contribution >= 4 is 56.3 Å². The Morgan fingerprint density at radius 2 is 1.54 bits per heavy atom. The zero-order valence-electron chi connectivity index (χ0n) is 14.1. The molecule has 4 rings (SSSR count). The molecule has 0 aliphatic rings. The number of hydrogen-bond acceptors (Lipinski definition) is 4. The Bertz CT molecular complexity index is 1350. The summed E-state index contributed by atoms with van der Waals surface area (Å²) in [6, 6.07) is 16.0. The monoisotopic (exact) mass is 450 g/mol. The molecule has 0 bridgehead atoms. The molecule has 1 heterocycles. The first-order valence-corrected chi connectivity index (χ1v) is 10.7. The molecule has 4 aromatic rings. The SMILES string of the molecule is O=S(=O)(c1ccccc1)c1cc2[nH]c(=S)[nH]c2cc1Oc1cccc(Cl)c1Cl. The van der Waals surface area contributed by atoms with Gasteiger partial charge in [0.25, 0.3) is 0 Å². The predicted molar refractivity (Wildman–Crippen MR) is 112 cm³/mol. The van der Waals surface area contributed by atoms with E-state index in [-0.39, 0.29) is 26.3 Å². The number of imidazole rings is 1. The van der Waals surface area contributed by atoms with Gasteiger partial charge in [-0.2, -0.15) is 0 Å². The number of benzene rings is 3. The molecule has 0 saturated heterocycles. The maximum atomic E-state index is 13.3. The van der Waals surface area contributed by atoms with Crippen molar-refractivity contribution in [1.82, 2.24) is 9.97 Å². The smallest absolute Gasteiger partial charge is 0.210 e. The Kier molecular flexibility index (Phi) is 4.93. The highest BCUT2D eigenvalue weighted by atomic mass is 35.5. The van der Waals surface area contributed by atoms with E-state index in [4.69, 9.17) is 40.2 Å². The van der Waals surface area contributed by atoms with Gasteiger partial charge in [-0.1, -0.05) is 47.5 Å². The van der Waals surface area contributed by atoms with Crippen LogP contribution in [0.4, 0.5) is 0 Å². The molecule has 0 fully saturated rings. The van der Waals surface area contributed by atoms with Crippen LogP contribution in [0, 0.1) is 4.77 Å². The molecule has 0 unspecified atom stereocenters. The summed E-state index contributed by atoms with van der Waals surface area (Å²) in [6.45, 7) is 0. The van der Waals surface area contributed by atoms with Crippen LogP contribution in [-0.4, -0.2) is 18.4 Å². The summed E-state index contributed by atoms with van der Waals surface area (Å²) >= 11 is 17.4. The number of hydrogen-bond donors (Lipinski definition) is 2. The van der Waals surface area contributed by atoms with E-state index in [1.807, 2.05) is 0 Å². The quantitative estimate of drug-likeness (QED) is 0.365. The fourth-order valence-corrected chi connectivity index (χ4v) is 4.70. The summed E-state index contributed by atoms with van der Waals surface area (Å²) in [5, 5.41) is 0.489. The van der Waals surface area contributed by atoms with Crippen LogP contribution < -0.4 is 4.74 Å². The highest BCUT2D eigenvalue weighted by Gasteiger charge is 2.24. The summed E-state index contributed by atoms with van der Waals surface area (Å²) in [5.41, 5.74) is 1.15. The highest BCUT2D eigenvalue weighted by Crippen LogP contribution is 2.39. The molecular formula is C19H12Cl2N2O3S2. The molecule has 28 heavy (non-hydrogen) atoms. The first-order chi connectivity index (χ1) is 13.4. The fraction of sp³-hybridized carbons (Fsp3) is 0. The Balaban J connectivity index is 1.95. The first kappa shape index (κ1) is 19.0. The standard InChI is InChI=1S/C19H12Cl2N2O3S2/c20-12-7-4-8-15(18(12)21)26-16-9-13-14(23-19(27)22-13)10-17(16)28(24,25)11-5-2-1-3-6-11/h1-10H,(H2,22,23,27). The fourth-order valence-electron chi connectivity index (χ4n) is 2.74. The van der Waals surface area contributed by atoms with Crippen LogP contribution in [0.1, 0.15) is 0 Å². The van der Waals surface area contributed by atoms with E-state index < -0.39 is 9.84 Å². The van der Waals surface area contributed by atoms with Crippen LogP contribution in [-0.2, 0) is 9.84 Å². The molecule has 3 aromatic carbocycles. The minimum Gasteiger partial charge on any atom is -0.454 e. The van der Waals surface area contributed by atoms with Crippen molar-refractivity contribution in [1.29, 1.82) is 0 Å². The molecule has 0 saturated carbocycles. The summed E-state index contributed by atoms with van der Waals surface area (Å²) in [6.07, 6.45) is 0. The average Bonchev–Trinajstić information content (AvgIpc) is 3.04. The molecule has 1 aromatic heterocycles. The van der Waals surface area contributed by atoms with Gasteiger partial charge in [0.15, 0.2) is 4.77 Å². The molecule has 0 amide bonds. The van der Waals surface area contributed by atoms with Crippen molar-refractivity contribution in [3.05, 3.63) is 75.5 Å². The number of ether oxygens (including phenoxy) is 1. The van der Waals surface area contributed by atoms with E-state index in [2.05, 4.69) is 9.97 Å². The lowest BCUT2D eigenvalue weighted by molar-refractivity contribution is 0.468. The molecule has 2 N–H and O–H groups in total. The molecule has 0 aliphatic heterocycles. The first-order valence-electron chi connectivity index (χ1n) is 8.04. The largest absolute Gasteiger partial charge is 0.454 e. The van der Waals surface area contributed by atoms with Crippen molar-refractivity contribution in [2.24, 2.45) is 0 Å². The molecule has 142 valence electrons. The summed E-state index contributed by atoms with van der Waals surface area (Å²) in [7, 11) is -3.86. The van der Waals surface area contributed by atoms with Gasteiger partial charge in [-0.25, -0.2) is 8.42 Å². The van der Waals surface area contributed by atoms with Crippen molar-refractivity contribution < 1.29 is 13.2 Å². The summed E-state index contributed by atoms with van der Waals surface area (Å²) in [4.78, 5) is 6.00. The third kappa shape index (κ3) is 3.42. The van der Waals surface area contributed by atoms with E-state index in [0.29, 0.717) is 20.8 Å². The molecule has 5 nitrogen and oxygen atoms in total. The van der Waals surface area contributed by atoms with E-state index in [0.717, 1.165) is 0 Å².